The van der Waals surface area contributed by atoms with Gasteiger partial charge in [-0.05, 0) is 37.1 Å². The van der Waals surface area contributed by atoms with Gasteiger partial charge in [0.15, 0.2) is 0 Å². The van der Waals surface area contributed by atoms with Crippen LogP contribution in [-0.2, 0) is 0 Å². The molecule has 0 aliphatic heterocycles. The first kappa shape index (κ1) is 16.8. The molecule has 3 aromatic heterocycles. The van der Waals surface area contributed by atoms with E-state index in [1.807, 2.05) is 37.3 Å². The van der Waals surface area contributed by atoms with Crippen LogP contribution in [0.3, 0.4) is 0 Å². The number of fused-ring (bicyclic) bond motifs is 1. The molecule has 4 aromatic rings. The molecule has 132 valence electrons. The molecule has 0 spiro atoms. The monoisotopic (exact) mass is 365 g/mol. The SMILES string of the molecule is Cc1nc(NC(CCO)c2ccco2)c2cc(-c3ccccc3)sc2n1. The number of aliphatic hydroxyl groups excluding tert-OH is 1. The van der Waals surface area contributed by atoms with Crippen molar-refractivity contribution in [2.24, 2.45) is 0 Å². The van der Waals surface area contributed by atoms with Gasteiger partial charge in [-0.1, -0.05) is 30.3 Å². The lowest BCUT2D eigenvalue weighted by molar-refractivity contribution is 0.273. The fourth-order valence-corrected chi connectivity index (χ4v) is 4.03. The second-order valence-corrected chi connectivity index (χ2v) is 7.07. The van der Waals surface area contributed by atoms with E-state index in [1.54, 1.807) is 17.6 Å². The topological polar surface area (TPSA) is 71.2 Å². The Bertz CT molecular complexity index is 997. The minimum atomic E-state index is -0.146. The Balaban J connectivity index is 1.75. The van der Waals surface area contributed by atoms with Crippen LogP contribution < -0.4 is 5.32 Å². The van der Waals surface area contributed by atoms with Crippen LogP contribution in [0.1, 0.15) is 24.0 Å². The van der Waals surface area contributed by atoms with E-state index in [0.717, 1.165) is 32.2 Å². The van der Waals surface area contributed by atoms with Gasteiger partial charge in [-0.3, -0.25) is 0 Å². The Morgan fingerprint density at radius 3 is 2.73 bits per heavy atom. The molecule has 0 bridgehead atoms. The molecule has 0 saturated heterocycles. The lowest BCUT2D eigenvalue weighted by Gasteiger charge is -2.17. The molecule has 0 aliphatic carbocycles. The van der Waals surface area contributed by atoms with Gasteiger partial charge in [0.25, 0.3) is 0 Å². The van der Waals surface area contributed by atoms with Gasteiger partial charge in [-0.25, -0.2) is 9.97 Å². The molecule has 1 aromatic carbocycles. The van der Waals surface area contributed by atoms with E-state index in [1.165, 1.54) is 0 Å². The number of hydrogen-bond donors (Lipinski definition) is 2. The van der Waals surface area contributed by atoms with Gasteiger partial charge in [0.1, 0.15) is 22.2 Å². The Morgan fingerprint density at radius 2 is 2.00 bits per heavy atom. The Kier molecular flexibility index (Phi) is 4.69. The predicted molar refractivity (Wildman–Crippen MR) is 104 cm³/mol. The summed E-state index contributed by atoms with van der Waals surface area (Å²) in [6.45, 7) is 1.95. The summed E-state index contributed by atoms with van der Waals surface area (Å²) >= 11 is 1.65. The number of thiophene rings is 1. The van der Waals surface area contributed by atoms with Crippen molar-refractivity contribution in [3.8, 4) is 10.4 Å². The van der Waals surface area contributed by atoms with Crippen LogP contribution in [0.5, 0.6) is 0 Å². The minimum Gasteiger partial charge on any atom is -0.467 e. The number of rotatable bonds is 6. The summed E-state index contributed by atoms with van der Waals surface area (Å²) in [5.74, 6) is 2.26. The molecule has 26 heavy (non-hydrogen) atoms. The zero-order chi connectivity index (χ0) is 17.9. The van der Waals surface area contributed by atoms with Crippen molar-refractivity contribution in [1.82, 2.24) is 9.97 Å². The van der Waals surface area contributed by atoms with Crippen molar-refractivity contribution in [3.05, 3.63) is 66.4 Å². The lowest BCUT2D eigenvalue weighted by atomic mass is 10.1. The molecule has 4 rings (SSSR count). The number of benzene rings is 1. The second kappa shape index (κ2) is 7.27. The normalized spacial score (nSPS) is 12.4. The van der Waals surface area contributed by atoms with Crippen molar-refractivity contribution in [1.29, 1.82) is 0 Å². The van der Waals surface area contributed by atoms with E-state index >= 15 is 0 Å². The molecule has 6 heteroatoms. The average molecular weight is 365 g/mol. The van der Waals surface area contributed by atoms with Crippen LogP contribution in [-0.4, -0.2) is 21.7 Å². The van der Waals surface area contributed by atoms with Crippen molar-refractivity contribution >= 4 is 27.4 Å². The minimum absolute atomic E-state index is 0.0600. The van der Waals surface area contributed by atoms with Crippen molar-refractivity contribution in [2.45, 2.75) is 19.4 Å². The second-order valence-electron chi connectivity index (χ2n) is 6.04. The van der Waals surface area contributed by atoms with Gasteiger partial charge in [-0.2, -0.15) is 0 Å². The Morgan fingerprint density at radius 1 is 1.15 bits per heavy atom. The van der Waals surface area contributed by atoms with E-state index in [9.17, 15) is 5.11 Å². The summed E-state index contributed by atoms with van der Waals surface area (Å²) in [4.78, 5) is 11.3. The number of hydrogen-bond acceptors (Lipinski definition) is 6. The first-order chi connectivity index (χ1) is 12.7. The molecular weight excluding hydrogens is 346 g/mol. The molecule has 2 N–H and O–H groups in total. The highest BCUT2D eigenvalue weighted by Gasteiger charge is 2.18. The van der Waals surface area contributed by atoms with Gasteiger partial charge >= 0.3 is 0 Å². The summed E-state index contributed by atoms with van der Waals surface area (Å²) < 4.78 is 5.52. The predicted octanol–water partition coefficient (Wildman–Crippen LogP) is 4.80. The van der Waals surface area contributed by atoms with Gasteiger partial charge < -0.3 is 14.8 Å². The van der Waals surface area contributed by atoms with E-state index in [-0.39, 0.29) is 12.6 Å². The molecule has 1 unspecified atom stereocenters. The van der Waals surface area contributed by atoms with Gasteiger partial charge in [-0.15, -0.1) is 11.3 Å². The third-order valence-corrected chi connectivity index (χ3v) is 5.26. The fraction of sp³-hybridized carbons (Fsp3) is 0.200. The highest BCUT2D eigenvalue weighted by molar-refractivity contribution is 7.21. The highest BCUT2D eigenvalue weighted by Crippen LogP contribution is 2.36. The standard InChI is InChI=1S/C20H19N3O2S/c1-13-21-19(23-16(9-10-24)17-8-5-11-25-17)15-12-18(26-20(15)22-13)14-6-3-2-4-7-14/h2-8,11-12,16,24H,9-10H2,1H3,(H,21,22,23). The fourth-order valence-electron chi connectivity index (χ4n) is 2.95. The number of nitrogens with one attached hydrogen (secondary N) is 1. The van der Waals surface area contributed by atoms with Crippen LogP contribution in [0.25, 0.3) is 20.7 Å². The van der Waals surface area contributed by atoms with Crippen molar-refractivity contribution in [2.75, 3.05) is 11.9 Å². The average Bonchev–Trinajstić information content (AvgIpc) is 3.32. The van der Waals surface area contributed by atoms with Crippen LogP contribution >= 0.6 is 11.3 Å². The van der Waals surface area contributed by atoms with Crippen LogP contribution in [0.15, 0.2) is 59.2 Å². The summed E-state index contributed by atoms with van der Waals surface area (Å²) in [5, 5.41) is 13.8. The number of furan rings is 1. The van der Waals surface area contributed by atoms with E-state index in [2.05, 4.69) is 33.5 Å². The third kappa shape index (κ3) is 3.34. The molecule has 0 aliphatic rings. The van der Waals surface area contributed by atoms with E-state index in [4.69, 9.17) is 4.42 Å². The molecular formula is C20H19N3O2S. The first-order valence-electron chi connectivity index (χ1n) is 8.49. The van der Waals surface area contributed by atoms with E-state index < -0.39 is 0 Å². The number of aryl methyl sites for hydroxylation is 1. The molecule has 3 heterocycles. The molecule has 0 fully saturated rings. The number of anilines is 1. The van der Waals surface area contributed by atoms with Gasteiger partial charge in [0, 0.05) is 11.5 Å². The maximum atomic E-state index is 9.42. The first-order valence-corrected chi connectivity index (χ1v) is 9.30. The van der Waals surface area contributed by atoms with Gasteiger partial charge in [0.2, 0.25) is 0 Å². The number of aromatic nitrogens is 2. The smallest absolute Gasteiger partial charge is 0.139 e. The highest BCUT2D eigenvalue weighted by atomic mass is 32.1. The maximum Gasteiger partial charge on any atom is 0.139 e. The van der Waals surface area contributed by atoms with Crippen LogP contribution in [0.4, 0.5) is 5.82 Å². The van der Waals surface area contributed by atoms with Crippen LogP contribution in [0, 0.1) is 6.92 Å². The summed E-state index contributed by atoms with van der Waals surface area (Å²) in [5.41, 5.74) is 1.16. The molecule has 0 radical (unpaired) electrons. The number of aliphatic hydroxyl groups is 1. The van der Waals surface area contributed by atoms with Crippen molar-refractivity contribution < 1.29 is 9.52 Å². The Hall–Kier alpha value is -2.70. The largest absolute Gasteiger partial charge is 0.467 e. The maximum absolute atomic E-state index is 9.42. The van der Waals surface area contributed by atoms with E-state index in [0.29, 0.717) is 12.2 Å². The Labute approximate surface area is 155 Å². The summed E-state index contributed by atoms with van der Waals surface area (Å²) in [6.07, 6.45) is 2.17. The van der Waals surface area contributed by atoms with Crippen molar-refractivity contribution in [3.63, 3.8) is 0 Å². The quantitative estimate of drug-likeness (QED) is 0.514. The number of nitrogens with zero attached hydrogens (tertiary/aromatic N) is 2. The molecule has 1 atom stereocenters. The third-order valence-electron chi connectivity index (χ3n) is 4.18. The molecule has 0 saturated carbocycles. The zero-order valence-corrected chi connectivity index (χ0v) is 15.2. The molecule has 0 amide bonds. The lowest BCUT2D eigenvalue weighted by Crippen LogP contribution is -2.13. The molecule has 5 nitrogen and oxygen atoms in total. The van der Waals surface area contributed by atoms with Crippen LogP contribution in [0.2, 0.25) is 0 Å². The summed E-state index contributed by atoms with van der Waals surface area (Å²) in [7, 11) is 0. The zero-order valence-electron chi connectivity index (χ0n) is 14.3. The summed E-state index contributed by atoms with van der Waals surface area (Å²) in [6, 6.07) is 16.0. The van der Waals surface area contributed by atoms with Gasteiger partial charge in [0.05, 0.1) is 17.7 Å².